The number of benzene rings is 1. The number of carbonyl (C=O) groups is 2. The topological polar surface area (TPSA) is 84.2 Å². The van der Waals surface area contributed by atoms with Crippen LogP contribution in [0, 0.1) is 5.41 Å². The molecule has 0 aliphatic carbocycles. The molecule has 0 saturated carbocycles. The van der Waals surface area contributed by atoms with Crippen LogP contribution in [0.15, 0.2) is 24.3 Å². The second-order valence-corrected chi connectivity index (χ2v) is 7.84. The summed E-state index contributed by atoms with van der Waals surface area (Å²) in [7, 11) is 0. The summed E-state index contributed by atoms with van der Waals surface area (Å²) < 4.78 is 0. The molecule has 25 heavy (non-hydrogen) atoms. The van der Waals surface area contributed by atoms with E-state index in [1.165, 1.54) is 5.56 Å². The quantitative estimate of drug-likeness (QED) is 0.632. The minimum atomic E-state index is -0.403. The Hall–Kier alpha value is -1.88. The van der Waals surface area contributed by atoms with Crippen molar-refractivity contribution in [2.45, 2.75) is 59.4 Å². The third-order valence-electron chi connectivity index (χ3n) is 4.10. The summed E-state index contributed by atoms with van der Waals surface area (Å²) in [6.07, 6.45) is 0.995. The van der Waals surface area contributed by atoms with Gasteiger partial charge in [0.15, 0.2) is 0 Å². The maximum atomic E-state index is 11.9. The zero-order chi connectivity index (χ0) is 19.0. The number of nitrogens with two attached hydrogens (primary N) is 1. The average Bonchev–Trinajstić information content (AvgIpc) is 2.55. The SMILES string of the molecule is CC(C)c1ccc(C(N)CNC(=O)CCCNC(=O)C(C)(C)C)cc1. The van der Waals surface area contributed by atoms with Gasteiger partial charge in [-0.05, 0) is 23.5 Å². The van der Waals surface area contributed by atoms with Gasteiger partial charge in [0.2, 0.25) is 11.8 Å². The molecule has 0 fully saturated rings. The van der Waals surface area contributed by atoms with E-state index in [9.17, 15) is 9.59 Å². The highest BCUT2D eigenvalue weighted by Crippen LogP contribution is 2.17. The first-order valence-electron chi connectivity index (χ1n) is 9.01. The lowest BCUT2D eigenvalue weighted by Crippen LogP contribution is -2.36. The van der Waals surface area contributed by atoms with E-state index in [0.717, 1.165) is 5.56 Å². The maximum Gasteiger partial charge on any atom is 0.225 e. The monoisotopic (exact) mass is 347 g/mol. The van der Waals surface area contributed by atoms with E-state index in [4.69, 9.17) is 5.73 Å². The average molecular weight is 348 g/mol. The van der Waals surface area contributed by atoms with Crippen molar-refractivity contribution in [2.75, 3.05) is 13.1 Å². The van der Waals surface area contributed by atoms with Crippen LogP contribution < -0.4 is 16.4 Å². The molecular weight excluding hydrogens is 314 g/mol. The third kappa shape index (κ3) is 7.69. The van der Waals surface area contributed by atoms with Crippen LogP contribution in [0.25, 0.3) is 0 Å². The highest BCUT2D eigenvalue weighted by atomic mass is 16.2. The Labute approximate surface area is 151 Å². The van der Waals surface area contributed by atoms with Crippen molar-refractivity contribution in [3.05, 3.63) is 35.4 Å². The molecule has 0 spiro atoms. The summed E-state index contributed by atoms with van der Waals surface area (Å²) in [5.74, 6) is 0.447. The number of amides is 2. The van der Waals surface area contributed by atoms with Crippen molar-refractivity contribution in [1.29, 1.82) is 0 Å². The fourth-order valence-electron chi connectivity index (χ4n) is 2.27. The summed E-state index contributed by atoms with van der Waals surface area (Å²) in [4.78, 5) is 23.6. The first-order valence-corrected chi connectivity index (χ1v) is 9.01. The Morgan fingerprint density at radius 2 is 1.60 bits per heavy atom. The predicted molar refractivity (Wildman–Crippen MR) is 102 cm³/mol. The van der Waals surface area contributed by atoms with E-state index >= 15 is 0 Å². The Morgan fingerprint density at radius 3 is 2.12 bits per heavy atom. The van der Waals surface area contributed by atoms with Gasteiger partial charge >= 0.3 is 0 Å². The molecule has 1 atom stereocenters. The van der Waals surface area contributed by atoms with Gasteiger partial charge in [0, 0.05) is 31.0 Å². The molecule has 1 aromatic carbocycles. The molecule has 140 valence electrons. The van der Waals surface area contributed by atoms with Crippen molar-refractivity contribution in [3.8, 4) is 0 Å². The molecule has 0 bridgehead atoms. The zero-order valence-corrected chi connectivity index (χ0v) is 16.2. The summed E-state index contributed by atoms with van der Waals surface area (Å²) in [5.41, 5.74) is 8.03. The molecule has 5 nitrogen and oxygen atoms in total. The predicted octanol–water partition coefficient (Wildman–Crippen LogP) is 2.87. The summed E-state index contributed by atoms with van der Waals surface area (Å²) >= 11 is 0. The van der Waals surface area contributed by atoms with Crippen molar-refractivity contribution in [1.82, 2.24) is 10.6 Å². The van der Waals surface area contributed by atoms with Crippen LogP contribution in [0.1, 0.15) is 70.5 Å². The maximum absolute atomic E-state index is 11.9. The van der Waals surface area contributed by atoms with Gasteiger partial charge in [0.05, 0.1) is 0 Å². The molecule has 0 saturated heterocycles. The van der Waals surface area contributed by atoms with Crippen LogP contribution in [0.2, 0.25) is 0 Å². The molecule has 0 heterocycles. The number of nitrogens with one attached hydrogen (secondary N) is 2. The molecule has 1 aromatic rings. The smallest absolute Gasteiger partial charge is 0.225 e. The van der Waals surface area contributed by atoms with Crippen molar-refractivity contribution < 1.29 is 9.59 Å². The molecule has 0 aliphatic heterocycles. The molecule has 0 radical (unpaired) electrons. The van der Waals surface area contributed by atoms with Crippen LogP contribution in [-0.2, 0) is 9.59 Å². The molecule has 0 aromatic heterocycles. The Balaban J connectivity index is 2.28. The second-order valence-electron chi connectivity index (χ2n) is 7.84. The van der Waals surface area contributed by atoms with Gasteiger partial charge in [0.25, 0.3) is 0 Å². The van der Waals surface area contributed by atoms with Crippen LogP contribution in [0.3, 0.4) is 0 Å². The van der Waals surface area contributed by atoms with E-state index < -0.39 is 5.41 Å². The normalized spacial score (nSPS) is 12.8. The van der Waals surface area contributed by atoms with E-state index in [0.29, 0.717) is 31.8 Å². The van der Waals surface area contributed by atoms with Crippen molar-refractivity contribution >= 4 is 11.8 Å². The van der Waals surface area contributed by atoms with Gasteiger partial charge in [-0.15, -0.1) is 0 Å². The highest BCUT2D eigenvalue weighted by molar-refractivity contribution is 5.81. The Kier molecular flexibility index (Phi) is 8.10. The van der Waals surface area contributed by atoms with Crippen molar-refractivity contribution in [3.63, 3.8) is 0 Å². The molecule has 2 amide bonds. The van der Waals surface area contributed by atoms with Crippen LogP contribution in [-0.4, -0.2) is 24.9 Å². The third-order valence-corrected chi connectivity index (χ3v) is 4.10. The lowest BCUT2D eigenvalue weighted by Gasteiger charge is -2.17. The number of hydrogen-bond acceptors (Lipinski definition) is 3. The number of hydrogen-bond donors (Lipinski definition) is 3. The highest BCUT2D eigenvalue weighted by Gasteiger charge is 2.20. The van der Waals surface area contributed by atoms with E-state index in [-0.39, 0.29) is 17.9 Å². The molecule has 0 aliphatic rings. The number of carbonyl (C=O) groups excluding carboxylic acids is 2. The number of rotatable bonds is 8. The van der Waals surface area contributed by atoms with E-state index in [2.05, 4.69) is 36.6 Å². The minimum absolute atomic E-state index is 0.000208. The van der Waals surface area contributed by atoms with Crippen LogP contribution in [0.5, 0.6) is 0 Å². The van der Waals surface area contributed by atoms with Crippen molar-refractivity contribution in [2.24, 2.45) is 11.1 Å². The molecule has 1 unspecified atom stereocenters. The fraction of sp³-hybridized carbons (Fsp3) is 0.600. The largest absolute Gasteiger partial charge is 0.356 e. The van der Waals surface area contributed by atoms with Gasteiger partial charge in [0.1, 0.15) is 0 Å². The molecule has 4 N–H and O–H groups in total. The standard InChI is InChI=1S/C20H33N3O2/c1-14(2)15-8-10-16(11-9-15)17(21)13-23-18(24)7-6-12-22-19(25)20(3,4)5/h8-11,14,17H,6-7,12-13,21H2,1-5H3,(H,22,25)(H,23,24). The molecule has 1 rings (SSSR count). The summed E-state index contributed by atoms with van der Waals surface area (Å²) in [5, 5.41) is 5.70. The second kappa shape index (κ2) is 9.56. The van der Waals surface area contributed by atoms with Gasteiger partial charge in [-0.2, -0.15) is 0 Å². The molecule has 5 heteroatoms. The first-order chi connectivity index (χ1) is 11.6. The molecular formula is C20H33N3O2. The van der Waals surface area contributed by atoms with E-state index in [1.807, 2.05) is 32.9 Å². The fourth-order valence-corrected chi connectivity index (χ4v) is 2.27. The van der Waals surface area contributed by atoms with Gasteiger partial charge in [-0.1, -0.05) is 58.9 Å². The lowest BCUT2D eigenvalue weighted by atomic mass is 9.96. The van der Waals surface area contributed by atoms with Crippen LogP contribution in [0.4, 0.5) is 0 Å². The lowest BCUT2D eigenvalue weighted by molar-refractivity contribution is -0.128. The zero-order valence-electron chi connectivity index (χ0n) is 16.2. The van der Waals surface area contributed by atoms with Gasteiger partial charge in [-0.25, -0.2) is 0 Å². The van der Waals surface area contributed by atoms with Gasteiger partial charge < -0.3 is 16.4 Å². The minimum Gasteiger partial charge on any atom is -0.356 e. The van der Waals surface area contributed by atoms with Crippen LogP contribution >= 0.6 is 0 Å². The first kappa shape index (κ1) is 21.2. The Morgan fingerprint density at radius 1 is 1.04 bits per heavy atom. The Bertz CT molecular complexity index is 559. The summed E-state index contributed by atoms with van der Waals surface area (Å²) in [6.45, 7) is 10.8. The summed E-state index contributed by atoms with van der Waals surface area (Å²) in [6, 6.07) is 7.99. The van der Waals surface area contributed by atoms with Gasteiger partial charge in [-0.3, -0.25) is 9.59 Å². The van der Waals surface area contributed by atoms with E-state index in [1.54, 1.807) is 0 Å².